The van der Waals surface area contributed by atoms with Gasteiger partial charge in [-0.1, -0.05) is 12.8 Å². The summed E-state index contributed by atoms with van der Waals surface area (Å²) in [6.45, 7) is 1.06. The smallest absolute Gasteiger partial charge is 0.215 e. The highest BCUT2D eigenvalue weighted by Crippen LogP contribution is 2.45. The van der Waals surface area contributed by atoms with Crippen LogP contribution in [0.1, 0.15) is 32.1 Å². The second-order valence-electron chi connectivity index (χ2n) is 6.01. The van der Waals surface area contributed by atoms with Gasteiger partial charge in [0, 0.05) is 24.7 Å². The molecule has 0 spiro atoms. The molecule has 2 aliphatic heterocycles. The SMILES string of the molecule is COc1ccc2c(n1)N1C(CN2)CC2CCCCC21. The van der Waals surface area contributed by atoms with Gasteiger partial charge in [-0.2, -0.15) is 4.98 Å². The van der Waals surface area contributed by atoms with Crippen LogP contribution in [0.25, 0.3) is 0 Å². The number of pyridine rings is 1. The third-order valence-corrected chi connectivity index (χ3v) is 5.03. The Morgan fingerprint density at radius 1 is 1.32 bits per heavy atom. The molecule has 1 aliphatic carbocycles. The fraction of sp³-hybridized carbons (Fsp3) is 0.667. The summed E-state index contributed by atoms with van der Waals surface area (Å²) in [5, 5.41) is 3.54. The Kier molecular flexibility index (Phi) is 2.57. The van der Waals surface area contributed by atoms with Crippen molar-refractivity contribution in [2.24, 2.45) is 5.92 Å². The quantitative estimate of drug-likeness (QED) is 0.841. The van der Waals surface area contributed by atoms with Gasteiger partial charge in [0.05, 0.1) is 12.8 Å². The maximum atomic E-state index is 5.30. The van der Waals surface area contributed by atoms with Crippen molar-refractivity contribution < 1.29 is 4.74 Å². The van der Waals surface area contributed by atoms with Gasteiger partial charge < -0.3 is 15.0 Å². The first kappa shape index (κ1) is 11.4. The largest absolute Gasteiger partial charge is 0.481 e. The van der Waals surface area contributed by atoms with E-state index in [0.29, 0.717) is 12.1 Å². The fourth-order valence-corrected chi connectivity index (χ4v) is 4.18. The molecule has 3 heterocycles. The third kappa shape index (κ3) is 1.69. The van der Waals surface area contributed by atoms with Crippen molar-refractivity contribution in [1.29, 1.82) is 0 Å². The summed E-state index contributed by atoms with van der Waals surface area (Å²) in [6.07, 6.45) is 6.84. The molecule has 0 aromatic carbocycles. The molecule has 4 nitrogen and oxygen atoms in total. The van der Waals surface area contributed by atoms with Gasteiger partial charge in [-0.3, -0.25) is 0 Å². The summed E-state index contributed by atoms with van der Waals surface area (Å²) < 4.78 is 5.30. The number of ether oxygens (including phenoxy) is 1. The lowest BCUT2D eigenvalue weighted by molar-refractivity contribution is 0.340. The zero-order valence-corrected chi connectivity index (χ0v) is 11.4. The van der Waals surface area contributed by atoms with E-state index in [1.165, 1.54) is 37.8 Å². The molecule has 19 heavy (non-hydrogen) atoms. The van der Waals surface area contributed by atoms with Crippen LogP contribution in [0, 0.1) is 5.92 Å². The van der Waals surface area contributed by atoms with Crippen LogP contribution < -0.4 is 15.0 Å². The number of fused-ring (bicyclic) bond motifs is 5. The Labute approximate surface area is 114 Å². The topological polar surface area (TPSA) is 37.4 Å². The van der Waals surface area contributed by atoms with Crippen molar-refractivity contribution in [3.05, 3.63) is 12.1 Å². The zero-order chi connectivity index (χ0) is 12.8. The molecule has 1 saturated heterocycles. The maximum Gasteiger partial charge on any atom is 0.215 e. The molecule has 3 atom stereocenters. The van der Waals surface area contributed by atoms with Crippen LogP contribution in [0.15, 0.2) is 12.1 Å². The van der Waals surface area contributed by atoms with E-state index in [1.807, 2.05) is 6.07 Å². The number of nitrogens with zero attached hydrogens (tertiary/aromatic N) is 2. The average molecular weight is 259 g/mol. The fourth-order valence-electron chi connectivity index (χ4n) is 4.18. The first-order chi connectivity index (χ1) is 9.36. The number of methoxy groups -OCH3 is 1. The Bertz CT molecular complexity index is 490. The highest BCUT2D eigenvalue weighted by Gasteiger charge is 2.45. The molecule has 3 unspecified atom stereocenters. The van der Waals surface area contributed by atoms with Crippen molar-refractivity contribution in [3.63, 3.8) is 0 Å². The Morgan fingerprint density at radius 2 is 2.21 bits per heavy atom. The summed E-state index contributed by atoms with van der Waals surface area (Å²) in [7, 11) is 1.69. The molecule has 0 radical (unpaired) electrons. The zero-order valence-electron chi connectivity index (χ0n) is 11.4. The second-order valence-corrected chi connectivity index (χ2v) is 6.01. The van der Waals surface area contributed by atoms with Gasteiger partial charge in [-0.15, -0.1) is 0 Å². The molecule has 0 bridgehead atoms. The van der Waals surface area contributed by atoms with Crippen molar-refractivity contribution in [2.45, 2.75) is 44.2 Å². The molecule has 1 aromatic rings. The van der Waals surface area contributed by atoms with Gasteiger partial charge in [-0.05, 0) is 31.2 Å². The van der Waals surface area contributed by atoms with Gasteiger partial charge in [0.2, 0.25) is 5.88 Å². The summed E-state index contributed by atoms with van der Waals surface area (Å²) in [4.78, 5) is 7.30. The summed E-state index contributed by atoms with van der Waals surface area (Å²) in [5.41, 5.74) is 1.17. The van der Waals surface area contributed by atoms with Crippen molar-refractivity contribution in [2.75, 3.05) is 23.9 Å². The van der Waals surface area contributed by atoms with E-state index in [-0.39, 0.29) is 0 Å². The van der Waals surface area contributed by atoms with E-state index in [0.717, 1.165) is 24.2 Å². The van der Waals surface area contributed by atoms with Crippen molar-refractivity contribution >= 4 is 11.5 Å². The predicted octanol–water partition coefficient (Wildman–Crippen LogP) is 2.65. The molecule has 1 aromatic heterocycles. The number of rotatable bonds is 1. The molecule has 1 saturated carbocycles. The van der Waals surface area contributed by atoms with Crippen LogP contribution in [0.5, 0.6) is 5.88 Å². The normalized spacial score (nSPS) is 32.1. The monoisotopic (exact) mass is 259 g/mol. The summed E-state index contributed by atoms with van der Waals surface area (Å²) in [6, 6.07) is 5.38. The van der Waals surface area contributed by atoms with E-state index in [9.17, 15) is 0 Å². The van der Waals surface area contributed by atoms with E-state index in [1.54, 1.807) is 7.11 Å². The number of anilines is 2. The third-order valence-electron chi connectivity index (χ3n) is 5.03. The number of nitrogens with one attached hydrogen (secondary N) is 1. The van der Waals surface area contributed by atoms with Crippen molar-refractivity contribution in [1.82, 2.24) is 4.98 Å². The Balaban J connectivity index is 1.74. The Morgan fingerprint density at radius 3 is 3.11 bits per heavy atom. The first-order valence-electron chi connectivity index (χ1n) is 7.44. The van der Waals surface area contributed by atoms with E-state index in [2.05, 4.69) is 16.3 Å². The van der Waals surface area contributed by atoms with E-state index in [4.69, 9.17) is 9.72 Å². The summed E-state index contributed by atoms with van der Waals surface area (Å²) >= 11 is 0. The van der Waals surface area contributed by atoms with E-state index < -0.39 is 0 Å². The van der Waals surface area contributed by atoms with Gasteiger partial charge >= 0.3 is 0 Å². The Hall–Kier alpha value is -1.45. The minimum Gasteiger partial charge on any atom is -0.481 e. The molecule has 0 amide bonds. The highest BCUT2D eigenvalue weighted by atomic mass is 16.5. The first-order valence-corrected chi connectivity index (χ1v) is 7.44. The predicted molar refractivity (Wildman–Crippen MR) is 75.9 cm³/mol. The lowest BCUT2D eigenvalue weighted by Gasteiger charge is -2.39. The minimum absolute atomic E-state index is 0.625. The highest BCUT2D eigenvalue weighted by molar-refractivity contribution is 5.70. The van der Waals surface area contributed by atoms with Gasteiger partial charge in [0.1, 0.15) is 0 Å². The molecule has 4 rings (SSSR count). The molecule has 2 fully saturated rings. The van der Waals surface area contributed by atoms with Crippen LogP contribution in [0.4, 0.5) is 11.5 Å². The van der Waals surface area contributed by atoms with Gasteiger partial charge in [0.15, 0.2) is 5.82 Å². The number of hydrogen-bond donors (Lipinski definition) is 1. The lowest BCUT2D eigenvalue weighted by atomic mass is 9.85. The average Bonchev–Trinajstić information content (AvgIpc) is 2.85. The van der Waals surface area contributed by atoms with Crippen LogP contribution >= 0.6 is 0 Å². The minimum atomic E-state index is 0.625. The standard InChI is InChI=1S/C15H21N3O/c1-19-14-7-6-12-15(17-14)18-11(9-16-12)8-10-4-2-3-5-13(10)18/h6-7,10-11,13,16H,2-5,8-9H2,1H3. The molecule has 3 aliphatic rings. The van der Waals surface area contributed by atoms with Crippen molar-refractivity contribution in [3.8, 4) is 5.88 Å². The van der Waals surface area contributed by atoms with Crippen LogP contribution in [0.3, 0.4) is 0 Å². The lowest BCUT2D eigenvalue weighted by Crippen LogP contribution is -2.45. The van der Waals surface area contributed by atoms with E-state index >= 15 is 0 Å². The maximum absolute atomic E-state index is 5.30. The second kappa shape index (κ2) is 4.29. The number of aromatic nitrogens is 1. The van der Waals surface area contributed by atoms with Gasteiger partial charge in [-0.25, -0.2) is 0 Å². The van der Waals surface area contributed by atoms with Crippen LogP contribution in [-0.4, -0.2) is 30.7 Å². The molecule has 1 N–H and O–H groups in total. The van der Waals surface area contributed by atoms with Crippen LogP contribution in [-0.2, 0) is 0 Å². The summed E-state index contributed by atoms with van der Waals surface area (Å²) in [5.74, 6) is 2.71. The molecular formula is C15H21N3O. The molecule has 102 valence electrons. The number of hydrogen-bond acceptors (Lipinski definition) is 4. The molecular weight excluding hydrogens is 238 g/mol. The molecule has 4 heteroatoms. The van der Waals surface area contributed by atoms with Crippen LogP contribution in [0.2, 0.25) is 0 Å². The van der Waals surface area contributed by atoms with Gasteiger partial charge in [0.25, 0.3) is 0 Å².